The van der Waals surface area contributed by atoms with Crippen LogP contribution in [0.4, 0.5) is 13.2 Å². The highest BCUT2D eigenvalue weighted by Crippen LogP contribution is 2.51. The molecule has 1 amide bonds. The molecule has 0 radical (unpaired) electrons. The number of nitrogens with zero attached hydrogens (tertiary/aromatic N) is 3. The molecule has 0 aliphatic heterocycles. The molecule has 1 aliphatic carbocycles. The van der Waals surface area contributed by atoms with Crippen molar-refractivity contribution in [3.63, 3.8) is 0 Å². The van der Waals surface area contributed by atoms with E-state index in [4.69, 9.17) is 0 Å². The molecule has 0 saturated heterocycles. The van der Waals surface area contributed by atoms with Crippen LogP contribution in [-0.2, 0) is 18.0 Å². The van der Waals surface area contributed by atoms with Crippen molar-refractivity contribution in [2.45, 2.75) is 31.5 Å². The predicted molar refractivity (Wildman–Crippen MR) is 79.9 cm³/mol. The van der Waals surface area contributed by atoms with Crippen molar-refractivity contribution < 1.29 is 18.0 Å². The molecule has 0 bridgehead atoms. The summed E-state index contributed by atoms with van der Waals surface area (Å²) in [7, 11) is 1.76. The molecule has 2 aromatic rings. The van der Waals surface area contributed by atoms with Gasteiger partial charge < -0.3 is 9.88 Å². The van der Waals surface area contributed by atoms with Gasteiger partial charge in [-0.05, 0) is 30.9 Å². The molecule has 1 aliphatic rings. The fourth-order valence-electron chi connectivity index (χ4n) is 2.98. The zero-order valence-corrected chi connectivity index (χ0v) is 13.2. The number of aromatic nitrogens is 3. The van der Waals surface area contributed by atoms with Crippen molar-refractivity contribution in [2.24, 2.45) is 13.0 Å². The minimum Gasteiger partial charge on any atom is -0.346 e. The number of amides is 1. The molecule has 3 atom stereocenters. The van der Waals surface area contributed by atoms with Gasteiger partial charge in [0, 0.05) is 13.0 Å². The first-order chi connectivity index (χ1) is 11.3. The molecule has 3 rings (SSSR count). The maximum Gasteiger partial charge on any atom is 0.416 e. The van der Waals surface area contributed by atoms with Gasteiger partial charge in [0.2, 0.25) is 5.91 Å². The lowest BCUT2D eigenvalue weighted by Gasteiger charge is -2.14. The topological polar surface area (TPSA) is 59.8 Å². The normalized spacial score (nSPS) is 21.4. The van der Waals surface area contributed by atoms with Gasteiger partial charge in [0.05, 0.1) is 11.6 Å². The summed E-state index contributed by atoms with van der Waals surface area (Å²) in [6, 6.07) is 5.08. The molecule has 1 N–H and O–H groups in total. The van der Waals surface area contributed by atoms with E-state index in [0.29, 0.717) is 12.2 Å². The number of rotatable bonds is 4. The summed E-state index contributed by atoms with van der Waals surface area (Å²) in [5, 5.41) is 10.5. The molecular weight excluding hydrogens is 321 g/mol. The summed E-state index contributed by atoms with van der Waals surface area (Å²) in [5.41, 5.74) is -0.469. The van der Waals surface area contributed by atoms with Crippen LogP contribution in [0.15, 0.2) is 30.6 Å². The smallest absolute Gasteiger partial charge is 0.346 e. The Kier molecular flexibility index (Phi) is 4.06. The number of carbonyl (C=O) groups is 1. The third kappa shape index (κ3) is 3.13. The van der Waals surface area contributed by atoms with Crippen LogP contribution in [0, 0.1) is 5.92 Å². The molecule has 1 heterocycles. The van der Waals surface area contributed by atoms with E-state index in [9.17, 15) is 18.0 Å². The molecule has 5 nitrogen and oxygen atoms in total. The second-order valence-electron chi connectivity index (χ2n) is 6.06. The highest BCUT2D eigenvalue weighted by Gasteiger charge is 2.48. The van der Waals surface area contributed by atoms with E-state index in [-0.39, 0.29) is 17.5 Å². The number of hydrogen-bond donors (Lipinski definition) is 1. The van der Waals surface area contributed by atoms with Crippen LogP contribution < -0.4 is 5.32 Å². The van der Waals surface area contributed by atoms with Gasteiger partial charge in [0.15, 0.2) is 5.82 Å². The highest BCUT2D eigenvalue weighted by atomic mass is 19.4. The zero-order valence-electron chi connectivity index (χ0n) is 13.2. The fourth-order valence-corrected chi connectivity index (χ4v) is 2.98. The first-order valence-electron chi connectivity index (χ1n) is 7.59. The molecule has 1 aromatic heterocycles. The van der Waals surface area contributed by atoms with Crippen LogP contribution in [-0.4, -0.2) is 20.7 Å². The number of nitrogens with one attached hydrogen (secondary N) is 1. The third-order valence-electron chi connectivity index (χ3n) is 4.29. The molecule has 24 heavy (non-hydrogen) atoms. The third-order valence-corrected chi connectivity index (χ3v) is 4.29. The summed E-state index contributed by atoms with van der Waals surface area (Å²) in [6.45, 7) is 1.77. The lowest BCUT2D eigenvalue weighted by atomic mass is 10.0. The molecule has 1 fully saturated rings. The molecule has 0 spiro atoms. The lowest BCUT2D eigenvalue weighted by Crippen LogP contribution is -2.30. The van der Waals surface area contributed by atoms with Crippen LogP contribution in [0.1, 0.15) is 42.3 Å². The standard InChI is InChI=1S/C16H17F3N4O/c1-9(14-22-20-8-23(14)2)21-15(24)12-7-11(12)10-5-3-4-6-13(10)16(17,18)19/h3-6,8-9,11-12H,7H2,1-2H3,(H,21,24)/t9-,11+,12+/m0/s1. The molecule has 8 heteroatoms. The summed E-state index contributed by atoms with van der Waals surface area (Å²) in [5.74, 6) is -0.498. The number of aryl methyl sites for hydroxylation is 1. The van der Waals surface area contributed by atoms with E-state index >= 15 is 0 Å². The van der Waals surface area contributed by atoms with Gasteiger partial charge in [0.25, 0.3) is 0 Å². The highest BCUT2D eigenvalue weighted by molar-refractivity contribution is 5.83. The molecule has 1 aromatic carbocycles. The number of hydrogen-bond acceptors (Lipinski definition) is 3. The molecule has 128 valence electrons. The Balaban J connectivity index is 1.70. The largest absolute Gasteiger partial charge is 0.416 e. The average molecular weight is 338 g/mol. The summed E-state index contributed by atoms with van der Waals surface area (Å²) < 4.78 is 40.9. The van der Waals surface area contributed by atoms with E-state index in [0.717, 1.165) is 6.07 Å². The van der Waals surface area contributed by atoms with Gasteiger partial charge >= 0.3 is 6.18 Å². The van der Waals surface area contributed by atoms with Gasteiger partial charge in [-0.2, -0.15) is 13.2 Å². The van der Waals surface area contributed by atoms with Gasteiger partial charge in [0.1, 0.15) is 6.33 Å². The first-order valence-corrected chi connectivity index (χ1v) is 7.59. The Labute approximate surface area is 136 Å². The van der Waals surface area contributed by atoms with E-state index in [1.165, 1.54) is 18.5 Å². The summed E-state index contributed by atoms with van der Waals surface area (Å²) >= 11 is 0. The lowest BCUT2D eigenvalue weighted by molar-refractivity contribution is -0.138. The van der Waals surface area contributed by atoms with Crippen LogP contribution in [0.25, 0.3) is 0 Å². The molecular formula is C16H17F3N4O. The fraction of sp³-hybridized carbons (Fsp3) is 0.438. The second kappa shape index (κ2) is 5.92. The maximum absolute atomic E-state index is 13.1. The minimum absolute atomic E-state index is 0.191. The zero-order chi connectivity index (χ0) is 17.5. The van der Waals surface area contributed by atoms with Crippen molar-refractivity contribution in [2.75, 3.05) is 0 Å². The summed E-state index contributed by atoms with van der Waals surface area (Å²) in [4.78, 5) is 12.3. The minimum atomic E-state index is -4.41. The monoisotopic (exact) mass is 338 g/mol. The van der Waals surface area contributed by atoms with Gasteiger partial charge in [-0.1, -0.05) is 18.2 Å². The second-order valence-corrected chi connectivity index (χ2v) is 6.06. The van der Waals surface area contributed by atoms with E-state index in [1.54, 1.807) is 24.6 Å². The van der Waals surface area contributed by atoms with Crippen molar-refractivity contribution in [3.05, 3.63) is 47.5 Å². The van der Waals surface area contributed by atoms with Gasteiger partial charge in [-0.15, -0.1) is 10.2 Å². The Bertz CT molecular complexity index is 756. The quantitative estimate of drug-likeness (QED) is 0.932. The number of alkyl halides is 3. The maximum atomic E-state index is 13.1. The SMILES string of the molecule is C[C@H](NC(=O)[C@@H]1C[C@@H]1c1ccccc1C(F)(F)F)c1nncn1C. The van der Waals surface area contributed by atoms with Crippen molar-refractivity contribution in [1.29, 1.82) is 0 Å². The number of carbonyl (C=O) groups excluding carboxylic acids is 1. The Hall–Kier alpha value is -2.38. The van der Waals surface area contributed by atoms with E-state index in [1.807, 2.05) is 0 Å². The van der Waals surface area contributed by atoms with Crippen molar-refractivity contribution >= 4 is 5.91 Å². The predicted octanol–water partition coefficient (Wildman–Crippen LogP) is 2.81. The Morgan fingerprint density at radius 3 is 2.71 bits per heavy atom. The van der Waals surface area contributed by atoms with Crippen LogP contribution in [0.2, 0.25) is 0 Å². The van der Waals surface area contributed by atoms with Crippen molar-refractivity contribution in [3.8, 4) is 0 Å². The Morgan fingerprint density at radius 2 is 2.08 bits per heavy atom. The van der Waals surface area contributed by atoms with Crippen molar-refractivity contribution in [1.82, 2.24) is 20.1 Å². The van der Waals surface area contributed by atoms with E-state index in [2.05, 4.69) is 15.5 Å². The molecule has 1 saturated carbocycles. The van der Waals surface area contributed by atoms with Gasteiger partial charge in [-0.25, -0.2) is 0 Å². The number of benzene rings is 1. The summed E-state index contributed by atoms with van der Waals surface area (Å²) in [6.07, 6.45) is -2.46. The number of halogens is 3. The average Bonchev–Trinajstić information content (AvgIpc) is 3.21. The Morgan fingerprint density at radius 1 is 1.38 bits per heavy atom. The molecule has 0 unspecified atom stereocenters. The van der Waals surface area contributed by atoms with Crippen LogP contribution >= 0.6 is 0 Å². The van der Waals surface area contributed by atoms with E-state index < -0.39 is 23.6 Å². The van der Waals surface area contributed by atoms with Crippen LogP contribution in [0.3, 0.4) is 0 Å². The van der Waals surface area contributed by atoms with Gasteiger partial charge in [-0.3, -0.25) is 4.79 Å². The first kappa shape index (κ1) is 16.5. The van der Waals surface area contributed by atoms with Crippen LogP contribution in [0.5, 0.6) is 0 Å².